The number of benzene rings is 1. The van der Waals surface area contributed by atoms with Gasteiger partial charge in [0.15, 0.2) is 5.82 Å². The van der Waals surface area contributed by atoms with Crippen LogP contribution in [0.5, 0.6) is 0 Å². The minimum Gasteiger partial charge on any atom is -0.378 e. The van der Waals surface area contributed by atoms with Gasteiger partial charge < -0.3 is 10.1 Å². The molecule has 4 heterocycles. The van der Waals surface area contributed by atoms with Crippen molar-refractivity contribution < 1.29 is 4.74 Å². The maximum Gasteiger partial charge on any atom is 0.157 e. The fraction of sp³-hybridized carbons (Fsp3) is 0.542. The molecule has 6 rings (SSSR count). The quantitative estimate of drug-likeness (QED) is 0.687. The fourth-order valence-corrected chi connectivity index (χ4v) is 5.41. The lowest BCUT2D eigenvalue weighted by atomic mass is 9.72. The number of aromatic nitrogens is 4. The van der Waals surface area contributed by atoms with Crippen molar-refractivity contribution in [1.82, 2.24) is 30.0 Å². The summed E-state index contributed by atoms with van der Waals surface area (Å²) in [6.45, 7) is 4.04. The summed E-state index contributed by atoms with van der Waals surface area (Å²) >= 11 is 0. The van der Waals surface area contributed by atoms with Gasteiger partial charge in [0.2, 0.25) is 0 Å². The van der Waals surface area contributed by atoms with Crippen LogP contribution in [0.15, 0.2) is 36.8 Å². The molecule has 3 aliphatic rings. The molecule has 1 saturated carbocycles. The van der Waals surface area contributed by atoms with Crippen molar-refractivity contribution in [3.63, 3.8) is 0 Å². The van der Waals surface area contributed by atoms with Crippen LogP contribution in [0.1, 0.15) is 49.3 Å². The average molecular weight is 419 g/mol. The Bertz CT molecular complexity index is 1070. The second-order valence-corrected chi connectivity index (χ2v) is 9.32. The number of rotatable bonds is 5. The van der Waals surface area contributed by atoms with Crippen LogP contribution < -0.4 is 5.32 Å². The van der Waals surface area contributed by atoms with Crippen LogP contribution in [-0.4, -0.2) is 64.0 Å². The topological polar surface area (TPSA) is 68.1 Å². The highest BCUT2D eigenvalue weighted by atomic mass is 16.5. The van der Waals surface area contributed by atoms with E-state index < -0.39 is 0 Å². The van der Waals surface area contributed by atoms with E-state index in [1.165, 1.54) is 24.8 Å². The smallest absolute Gasteiger partial charge is 0.157 e. The second kappa shape index (κ2) is 7.65. The molecule has 0 radical (unpaired) electrons. The minimum atomic E-state index is 0.111. The molecule has 1 aliphatic carbocycles. The van der Waals surface area contributed by atoms with E-state index >= 15 is 0 Å². The lowest BCUT2D eigenvalue weighted by Gasteiger charge is -2.42. The molecule has 31 heavy (non-hydrogen) atoms. The molecule has 3 aromatic rings. The molecule has 1 N–H and O–H groups in total. The summed E-state index contributed by atoms with van der Waals surface area (Å²) in [6, 6.07) is 9.49. The zero-order chi connectivity index (χ0) is 20.8. The van der Waals surface area contributed by atoms with Gasteiger partial charge in [-0.25, -0.2) is 14.6 Å². The Morgan fingerprint density at radius 1 is 1.10 bits per heavy atom. The van der Waals surface area contributed by atoms with Gasteiger partial charge in [0.1, 0.15) is 6.33 Å². The first-order chi connectivity index (χ1) is 15.3. The van der Waals surface area contributed by atoms with Crippen LogP contribution in [-0.2, 0) is 10.3 Å². The van der Waals surface area contributed by atoms with Crippen LogP contribution in [0.4, 0.5) is 0 Å². The summed E-state index contributed by atoms with van der Waals surface area (Å²) in [7, 11) is 2.07. The van der Waals surface area contributed by atoms with Gasteiger partial charge in [-0.2, -0.15) is 5.10 Å². The van der Waals surface area contributed by atoms with Crippen LogP contribution >= 0.6 is 0 Å². The highest BCUT2D eigenvalue weighted by Gasteiger charge is 2.37. The van der Waals surface area contributed by atoms with Crippen molar-refractivity contribution in [3.8, 4) is 5.82 Å². The van der Waals surface area contributed by atoms with Crippen molar-refractivity contribution in [3.05, 3.63) is 48.0 Å². The molecule has 3 fully saturated rings. The molecule has 2 aliphatic heterocycles. The molecule has 162 valence electrons. The Morgan fingerprint density at radius 2 is 1.94 bits per heavy atom. The highest BCUT2D eigenvalue weighted by Crippen LogP contribution is 2.41. The summed E-state index contributed by atoms with van der Waals surface area (Å²) < 4.78 is 7.34. The number of hydrogen-bond donors (Lipinski definition) is 1. The van der Waals surface area contributed by atoms with Gasteiger partial charge in [0.25, 0.3) is 0 Å². The van der Waals surface area contributed by atoms with Crippen molar-refractivity contribution in [2.75, 3.05) is 33.4 Å². The van der Waals surface area contributed by atoms with E-state index in [4.69, 9.17) is 4.74 Å². The normalized spacial score (nSPS) is 22.4. The Morgan fingerprint density at radius 3 is 2.61 bits per heavy atom. The van der Waals surface area contributed by atoms with Crippen molar-refractivity contribution in [1.29, 1.82) is 0 Å². The largest absolute Gasteiger partial charge is 0.378 e. The standard InChI is InChI=1S/C24H30N6O/c1-25-24(7-2-8-24)19-4-3-18-13-28-30(22(18)11-19)23-12-21(26-16-27-23)17-5-9-29(10-6-17)20-14-31-15-20/h3-4,11-13,16-17,20,25H,2,5-10,14-15H2,1H3. The number of piperidine rings is 1. The molecule has 0 bridgehead atoms. The molecular formula is C24H30N6O. The molecular weight excluding hydrogens is 388 g/mol. The zero-order valence-electron chi connectivity index (χ0n) is 18.1. The first-order valence-corrected chi connectivity index (χ1v) is 11.6. The van der Waals surface area contributed by atoms with Gasteiger partial charge in [-0.05, 0) is 63.9 Å². The van der Waals surface area contributed by atoms with Crippen LogP contribution in [0.3, 0.4) is 0 Å². The summed E-state index contributed by atoms with van der Waals surface area (Å²) in [5, 5.41) is 9.38. The number of fused-ring (bicyclic) bond motifs is 1. The van der Waals surface area contributed by atoms with Crippen LogP contribution in [0.2, 0.25) is 0 Å². The number of ether oxygens (including phenoxy) is 1. The first-order valence-electron chi connectivity index (χ1n) is 11.6. The summed E-state index contributed by atoms with van der Waals surface area (Å²) in [5.74, 6) is 1.35. The molecule has 1 aromatic carbocycles. The third kappa shape index (κ3) is 3.26. The Balaban J connectivity index is 1.28. The lowest BCUT2D eigenvalue weighted by molar-refractivity contribution is -0.0713. The summed E-state index contributed by atoms with van der Waals surface area (Å²) in [4.78, 5) is 11.8. The molecule has 2 saturated heterocycles. The van der Waals surface area contributed by atoms with Gasteiger partial charge >= 0.3 is 0 Å². The van der Waals surface area contributed by atoms with Gasteiger partial charge in [0.05, 0.1) is 31.0 Å². The van der Waals surface area contributed by atoms with Crippen molar-refractivity contribution >= 4 is 10.9 Å². The molecule has 0 spiro atoms. The predicted molar refractivity (Wildman–Crippen MR) is 119 cm³/mol. The summed E-state index contributed by atoms with van der Waals surface area (Å²) in [6.07, 6.45) is 9.57. The molecule has 0 atom stereocenters. The van der Waals surface area contributed by atoms with Crippen molar-refractivity contribution in [2.24, 2.45) is 0 Å². The van der Waals surface area contributed by atoms with E-state index in [-0.39, 0.29) is 5.54 Å². The van der Waals surface area contributed by atoms with E-state index in [1.807, 2.05) is 10.9 Å². The monoisotopic (exact) mass is 418 g/mol. The SMILES string of the molecule is CNC1(c2ccc3cnn(-c4cc(C5CCN(C6COC6)CC5)ncn4)c3c2)CCC1. The fourth-order valence-electron chi connectivity index (χ4n) is 5.41. The van der Waals surface area contributed by atoms with E-state index in [1.54, 1.807) is 6.33 Å². The van der Waals surface area contributed by atoms with Gasteiger partial charge in [-0.15, -0.1) is 0 Å². The predicted octanol–water partition coefficient (Wildman–Crippen LogP) is 2.99. The number of likely N-dealkylation sites (tertiary alicyclic amines) is 1. The van der Waals surface area contributed by atoms with Crippen LogP contribution in [0.25, 0.3) is 16.7 Å². The highest BCUT2D eigenvalue weighted by molar-refractivity contribution is 5.81. The maximum atomic E-state index is 5.36. The first kappa shape index (κ1) is 19.3. The van der Waals surface area contributed by atoms with Gasteiger partial charge in [-0.1, -0.05) is 12.1 Å². The summed E-state index contributed by atoms with van der Waals surface area (Å²) in [5.41, 5.74) is 3.71. The Kier molecular flexibility index (Phi) is 4.78. The van der Waals surface area contributed by atoms with Crippen molar-refractivity contribution in [2.45, 2.75) is 49.6 Å². The molecule has 7 nitrogen and oxygen atoms in total. The van der Waals surface area contributed by atoms with E-state index in [0.717, 1.165) is 61.6 Å². The lowest BCUT2D eigenvalue weighted by Crippen LogP contribution is -2.51. The Hall–Kier alpha value is -2.35. The minimum absolute atomic E-state index is 0.111. The van der Waals surface area contributed by atoms with Crippen LogP contribution in [0, 0.1) is 0 Å². The Labute approximate surface area is 182 Å². The zero-order valence-corrected chi connectivity index (χ0v) is 18.1. The average Bonchev–Trinajstić information content (AvgIpc) is 3.16. The van der Waals surface area contributed by atoms with E-state index in [0.29, 0.717) is 12.0 Å². The van der Waals surface area contributed by atoms with Gasteiger partial charge in [0, 0.05) is 28.6 Å². The molecule has 2 aromatic heterocycles. The molecule has 0 amide bonds. The number of nitrogens with one attached hydrogen (secondary N) is 1. The third-order valence-corrected chi connectivity index (χ3v) is 7.78. The second-order valence-electron chi connectivity index (χ2n) is 9.32. The third-order valence-electron chi connectivity index (χ3n) is 7.78. The number of hydrogen-bond acceptors (Lipinski definition) is 6. The number of nitrogens with zero attached hydrogens (tertiary/aromatic N) is 5. The molecule has 0 unspecified atom stereocenters. The van der Waals surface area contributed by atoms with Gasteiger partial charge in [-0.3, -0.25) is 4.90 Å². The maximum absolute atomic E-state index is 5.36. The van der Waals surface area contributed by atoms with E-state index in [2.05, 4.69) is 56.6 Å². The molecule has 7 heteroatoms. The van der Waals surface area contributed by atoms with E-state index in [9.17, 15) is 0 Å².